The molecule has 3 aromatic carbocycles. The molecule has 4 aromatic rings. The van der Waals surface area contributed by atoms with E-state index in [0.29, 0.717) is 32.5 Å². The van der Waals surface area contributed by atoms with Gasteiger partial charge in [0, 0.05) is 10.7 Å². The average molecular weight is 465 g/mol. The molecule has 0 spiro atoms. The highest BCUT2D eigenvalue weighted by Gasteiger charge is 2.15. The number of nitrogens with zero attached hydrogens (tertiary/aromatic N) is 2. The number of halogens is 1. The Morgan fingerprint density at radius 1 is 0.938 bits per heavy atom. The Labute approximate surface area is 192 Å². The van der Waals surface area contributed by atoms with Crippen molar-refractivity contribution in [1.82, 2.24) is 14.9 Å². The number of hydrogen-bond donors (Lipinski definition) is 2. The van der Waals surface area contributed by atoms with Gasteiger partial charge in [-0.25, -0.2) is 9.78 Å². The van der Waals surface area contributed by atoms with Crippen LogP contribution in [0.1, 0.15) is 0 Å². The zero-order valence-electron chi connectivity index (χ0n) is 16.6. The molecule has 0 radical (unpaired) electrons. The smallest absolute Gasteiger partial charge is 0.308 e. The van der Waals surface area contributed by atoms with Gasteiger partial charge in [0.1, 0.15) is 0 Å². The number of thioether (sulfide) groups is 1. The summed E-state index contributed by atoms with van der Waals surface area (Å²) in [6, 6.07) is 21.9. The van der Waals surface area contributed by atoms with E-state index < -0.39 is 11.9 Å². The molecular weight excluding hydrogens is 448 g/mol. The van der Waals surface area contributed by atoms with Gasteiger partial charge in [-0.15, -0.1) is 0 Å². The van der Waals surface area contributed by atoms with Crippen molar-refractivity contribution in [1.29, 1.82) is 0 Å². The molecule has 1 heterocycles. The molecule has 3 amide bonds. The number of anilines is 1. The molecule has 9 heteroatoms. The summed E-state index contributed by atoms with van der Waals surface area (Å²) in [5, 5.41) is 6.20. The summed E-state index contributed by atoms with van der Waals surface area (Å²) >= 11 is 6.89. The van der Waals surface area contributed by atoms with E-state index >= 15 is 0 Å². The van der Waals surface area contributed by atoms with Crippen LogP contribution in [0.3, 0.4) is 0 Å². The van der Waals surface area contributed by atoms with Crippen LogP contribution in [0.4, 0.5) is 10.5 Å². The molecule has 0 unspecified atom stereocenters. The summed E-state index contributed by atoms with van der Waals surface area (Å²) in [7, 11) is 0. The molecule has 2 N–H and O–H groups in total. The van der Waals surface area contributed by atoms with Crippen molar-refractivity contribution in [3.05, 3.63) is 94.2 Å². The minimum Gasteiger partial charge on any atom is -0.308 e. The van der Waals surface area contributed by atoms with Crippen LogP contribution in [0, 0.1) is 0 Å². The zero-order chi connectivity index (χ0) is 22.5. The molecule has 0 atom stereocenters. The van der Waals surface area contributed by atoms with Gasteiger partial charge in [0.05, 0.1) is 22.3 Å². The van der Waals surface area contributed by atoms with Crippen LogP contribution in [0.25, 0.3) is 16.6 Å². The molecule has 4 rings (SSSR count). The molecule has 160 valence electrons. The maximum absolute atomic E-state index is 13.1. The van der Waals surface area contributed by atoms with Crippen molar-refractivity contribution in [2.45, 2.75) is 5.16 Å². The van der Waals surface area contributed by atoms with Gasteiger partial charge in [0.15, 0.2) is 5.16 Å². The first kappa shape index (κ1) is 21.6. The highest BCUT2D eigenvalue weighted by molar-refractivity contribution is 7.99. The number of para-hydroxylation sites is 2. The maximum Gasteiger partial charge on any atom is 0.325 e. The first-order chi connectivity index (χ1) is 15.5. The van der Waals surface area contributed by atoms with E-state index in [1.54, 1.807) is 60.7 Å². The highest BCUT2D eigenvalue weighted by Crippen LogP contribution is 2.21. The summed E-state index contributed by atoms with van der Waals surface area (Å²) in [6.07, 6.45) is 0. The third kappa shape index (κ3) is 4.99. The number of carbonyl (C=O) groups excluding carboxylic acids is 2. The van der Waals surface area contributed by atoms with Gasteiger partial charge in [-0.2, -0.15) is 0 Å². The van der Waals surface area contributed by atoms with E-state index in [2.05, 4.69) is 15.6 Å². The Kier molecular flexibility index (Phi) is 6.53. The number of rotatable bonds is 5. The fraction of sp³-hybridized carbons (Fsp3) is 0.0435. The van der Waals surface area contributed by atoms with Crippen LogP contribution in [0.15, 0.2) is 88.8 Å². The lowest BCUT2D eigenvalue weighted by Gasteiger charge is -2.13. The molecule has 0 bridgehead atoms. The number of nitrogens with one attached hydrogen (secondary N) is 2. The Morgan fingerprint density at radius 2 is 1.62 bits per heavy atom. The molecule has 0 aliphatic rings. The molecule has 0 saturated carbocycles. The molecule has 7 nitrogen and oxygen atoms in total. The quantitative estimate of drug-likeness (QED) is 0.335. The summed E-state index contributed by atoms with van der Waals surface area (Å²) in [5.74, 6) is -0.630. The first-order valence-electron chi connectivity index (χ1n) is 9.58. The normalized spacial score (nSPS) is 10.7. The van der Waals surface area contributed by atoms with Crippen LogP contribution in [-0.2, 0) is 4.79 Å². The van der Waals surface area contributed by atoms with Crippen molar-refractivity contribution < 1.29 is 9.59 Å². The number of carbonyl (C=O) groups is 2. The molecule has 1 aromatic heterocycles. The second-order valence-electron chi connectivity index (χ2n) is 6.69. The highest BCUT2D eigenvalue weighted by atomic mass is 35.5. The third-order valence-corrected chi connectivity index (χ3v) is 5.64. The molecular formula is C23H17ClN4O3S. The van der Waals surface area contributed by atoms with Crippen LogP contribution in [-0.4, -0.2) is 27.2 Å². The third-order valence-electron chi connectivity index (χ3n) is 4.45. The largest absolute Gasteiger partial charge is 0.325 e. The Morgan fingerprint density at radius 3 is 2.38 bits per heavy atom. The van der Waals surface area contributed by atoms with Gasteiger partial charge >= 0.3 is 6.03 Å². The van der Waals surface area contributed by atoms with Crippen molar-refractivity contribution in [3.8, 4) is 5.69 Å². The number of aromatic nitrogens is 2. The monoisotopic (exact) mass is 464 g/mol. The molecule has 0 saturated heterocycles. The second kappa shape index (κ2) is 9.67. The van der Waals surface area contributed by atoms with Gasteiger partial charge in [0.2, 0.25) is 5.91 Å². The number of amides is 3. The maximum atomic E-state index is 13.1. The van der Waals surface area contributed by atoms with Crippen molar-refractivity contribution in [3.63, 3.8) is 0 Å². The first-order valence-corrected chi connectivity index (χ1v) is 10.9. The molecule has 0 aliphatic carbocycles. The van der Waals surface area contributed by atoms with E-state index in [4.69, 9.17) is 11.6 Å². The summed E-state index contributed by atoms with van der Waals surface area (Å²) < 4.78 is 1.47. The van der Waals surface area contributed by atoms with Gasteiger partial charge in [0.25, 0.3) is 5.56 Å². The minimum atomic E-state index is -0.662. The van der Waals surface area contributed by atoms with E-state index in [0.717, 1.165) is 11.8 Å². The number of urea groups is 1. The summed E-state index contributed by atoms with van der Waals surface area (Å²) in [6.45, 7) is 0. The van der Waals surface area contributed by atoms with Crippen LogP contribution < -0.4 is 16.2 Å². The van der Waals surface area contributed by atoms with Crippen molar-refractivity contribution in [2.24, 2.45) is 0 Å². The van der Waals surface area contributed by atoms with Gasteiger partial charge in [-0.1, -0.05) is 53.7 Å². The second-order valence-corrected chi connectivity index (χ2v) is 8.06. The topological polar surface area (TPSA) is 93.1 Å². The minimum absolute atomic E-state index is 0.106. The van der Waals surface area contributed by atoms with E-state index in [9.17, 15) is 14.4 Å². The summed E-state index contributed by atoms with van der Waals surface area (Å²) in [5.41, 5.74) is 1.44. The zero-order valence-corrected chi connectivity index (χ0v) is 18.2. The van der Waals surface area contributed by atoms with Crippen LogP contribution in [0.5, 0.6) is 0 Å². The lowest BCUT2D eigenvalue weighted by atomic mass is 10.2. The van der Waals surface area contributed by atoms with E-state index in [1.807, 2.05) is 18.2 Å². The van der Waals surface area contributed by atoms with Gasteiger partial charge in [-0.3, -0.25) is 19.5 Å². The van der Waals surface area contributed by atoms with Crippen LogP contribution >= 0.6 is 23.4 Å². The van der Waals surface area contributed by atoms with Crippen LogP contribution in [0.2, 0.25) is 5.02 Å². The fourth-order valence-corrected chi connectivity index (χ4v) is 3.94. The Hall–Kier alpha value is -3.62. The van der Waals surface area contributed by atoms with Crippen molar-refractivity contribution >= 4 is 51.9 Å². The summed E-state index contributed by atoms with van der Waals surface area (Å²) in [4.78, 5) is 42.1. The Balaban J connectivity index is 1.52. The number of imide groups is 1. The Bertz CT molecular complexity index is 1340. The SMILES string of the molecule is O=C(CSc1nc2ccccc2c(=O)n1-c1ccccc1)NC(=O)Nc1ccc(Cl)cc1. The number of benzene rings is 3. The molecule has 32 heavy (non-hydrogen) atoms. The van der Waals surface area contributed by atoms with Gasteiger partial charge < -0.3 is 5.32 Å². The number of hydrogen-bond acceptors (Lipinski definition) is 5. The van der Waals surface area contributed by atoms with E-state index in [-0.39, 0.29) is 11.3 Å². The predicted octanol–water partition coefficient (Wildman–Crippen LogP) is 4.48. The molecule has 0 fully saturated rings. The van der Waals surface area contributed by atoms with E-state index in [1.165, 1.54) is 4.57 Å². The van der Waals surface area contributed by atoms with Gasteiger partial charge in [-0.05, 0) is 48.5 Å². The number of fused-ring (bicyclic) bond motifs is 1. The van der Waals surface area contributed by atoms with Crippen molar-refractivity contribution in [2.75, 3.05) is 11.1 Å². The predicted molar refractivity (Wildman–Crippen MR) is 127 cm³/mol. The average Bonchev–Trinajstić information content (AvgIpc) is 2.80. The fourth-order valence-electron chi connectivity index (χ4n) is 3.00. The molecule has 0 aliphatic heterocycles. The standard InChI is InChI=1S/C23H17ClN4O3S/c24-15-10-12-16(13-11-15)25-22(31)27-20(29)14-32-23-26-19-9-5-4-8-18(19)21(30)28(23)17-6-2-1-3-7-17/h1-13H,14H2,(H2,25,27,29,31). The lowest BCUT2D eigenvalue weighted by Crippen LogP contribution is -2.35. The lowest BCUT2D eigenvalue weighted by molar-refractivity contribution is -0.117.